The third-order valence-electron chi connectivity index (χ3n) is 5.10. The standard InChI is InChI=1S/C15H17FN2O4.C9H14N2O3.C2H6O/c1-15(8-22-15)14(21)12(18-13(20)7-17-9-19)6-10-2-4-11(16)5-3-10;1-6(5-13-3)10-9(12)8-4-7(2)14-11-8;1-3-2/h2-5,9,12H,6-8H2,1H3,(H,17,19)(H,18,20);4,6H,5H2,1-3H3,(H,10,12);1-2H3/t12-,15+;6-;/m01./s1. The summed E-state index contributed by atoms with van der Waals surface area (Å²) in [6.45, 7) is 5.82. The summed E-state index contributed by atoms with van der Waals surface area (Å²) >= 11 is 0. The van der Waals surface area contributed by atoms with Crippen molar-refractivity contribution in [3.63, 3.8) is 0 Å². The lowest BCUT2D eigenvalue weighted by Gasteiger charge is -2.19. The van der Waals surface area contributed by atoms with Gasteiger partial charge in [0, 0.05) is 33.4 Å². The molecule has 1 aliphatic heterocycles. The van der Waals surface area contributed by atoms with Crippen molar-refractivity contribution in [2.75, 3.05) is 41.1 Å². The quantitative estimate of drug-likeness (QED) is 0.257. The van der Waals surface area contributed by atoms with Crippen LogP contribution in [0, 0.1) is 12.7 Å². The highest BCUT2D eigenvalue weighted by Gasteiger charge is 2.50. The van der Waals surface area contributed by atoms with Gasteiger partial charge in [0.15, 0.2) is 11.5 Å². The van der Waals surface area contributed by atoms with E-state index in [4.69, 9.17) is 14.0 Å². The van der Waals surface area contributed by atoms with Gasteiger partial charge >= 0.3 is 0 Å². The van der Waals surface area contributed by atoms with E-state index in [0.717, 1.165) is 0 Å². The Morgan fingerprint density at radius 1 is 1.18 bits per heavy atom. The number of Topliss-reactive ketones (excluding diaryl/α,β-unsaturated/α-hetero) is 1. The van der Waals surface area contributed by atoms with Crippen LogP contribution in [0.25, 0.3) is 0 Å². The SMILES string of the molecule is COC.COC[C@@H](C)NC(=O)c1cc(C)on1.C[C@]1(C(=O)[C@H](Cc2ccc(F)cc2)NC(=O)CNC=O)CO1. The van der Waals surface area contributed by atoms with Crippen molar-refractivity contribution >= 4 is 24.0 Å². The van der Waals surface area contributed by atoms with Gasteiger partial charge in [-0.25, -0.2) is 4.39 Å². The van der Waals surface area contributed by atoms with Crippen LogP contribution in [0.3, 0.4) is 0 Å². The second-order valence-electron chi connectivity index (χ2n) is 8.89. The first-order chi connectivity index (χ1) is 18.5. The Labute approximate surface area is 226 Å². The molecule has 13 heteroatoms. The van der Waals surface area contributed by atoms with Gasteiger partial charge in [0.1, 0.15) is 17.2 Å². The number of ketones is 1. The average molecular weight is 553 g/mol. The molecule has 3 N–H and O–H groups in total. The van der Waals surface area contributed by atoms with Crippen molar-refractivity contribution in [2.24, 2.45) is 0 Å². The van der Waals surface area contributed by atoms with Crippen LogP contribution in [-0.2, 0) is 35.0 Å². The van der Waals surface area contributed by atoms with Gasteiger partial charge in [-0.2, -0.15) is 0 Å². The Balaban J connectivity index is 0.000000384. The zero-order chi connectivity index (χ0) is 29.4. The molecule has 1 aliphatic rings. The fraction of sp³-hybridized carbons (Fsp3) is 0.500. The Morgan fingerprint density at radius 3 is 2.28 bits per heavy atom. The van der Waals surface area contributed by atoms with Gasteiger partial charge in [0.2, 0.25) is 12.3 Å². The highest BCUT2D eigenvalue weighted by atomic mass is 19.1. The summed E-state index contributed by atoms with van der Waals surface area (Å²) in [6, 6.07) is 6.46. The minimum atomic E-state index is -0.879. The first-order valence-corrected chi connectivity index (χ1v) is 12.0. The molecular formula is C26H37FN4O8. The average Bonchev–Trinajstić information content (AvgIpc) is 3.49. The Hall–Kier alpha value is -3.68. The molecule has 2 aromatic rings. The van der Waals surface area contributed by atoms with Crippen molar-refractivity contribution in [3.8, 4) is 0 Å². The fourth-order valence-electron chi connectivity index (χ4n) is 3.13. The van der Waals surface area contributed by atoms with E-state index < -0.39 is 17.6 Å². The second-order valence-corrected chi connectivity index (χ2v) is 8.89. The van der Waals surface area contributed by atoms with Crippen molar-refractivity contribution in [1.29, 1.82) is 0 Å². The lowest BCUT2D eigenvalue weighted by Crippen LogP contribution is -2.49. The zero-order valence-corrected chi connectivity index (χ0v) is 23.0. The zero-order valence-electron chi connectivity index (χ0n) is 23.0. The van der Waals surface area contributed by atoms with Gasteiger partial charge < -0.3 is 34.7 Å². The molecule has 3 amide bonds. The predicted molar refractivity (Wildman–Crippen MR) is 138 cm³/mol. The molecule has 12 nitrogen and oxygen atoms in total. The molecule has 1 saturated heterocycles. The Bertz CT molecular complexity index is 1060. The summed E-state index contributed by atoms with van der Waals surface area (Å²) in [4.78, 5) is 45.8. The number of hydrogen-bond donors (Lipinski definition) is 3. The maximum Gasteiger partial charge on any atom is 0.273 e. The Kier molecular flexibility index (Phi) is 14.6. The van der Waals surface area contributed by atoms with Crippen LogP contribution in [-0.4, -0.2) is 87.9 Å². The summed E-state index contributed by atoms with van der Waals surface area (Å²) in [6.07, 6.45) is 0.632. The number of nitrogens with zero attached hydrogens (tertiary/aromatic N) is 1. The molecule has 2 heterocycles. The maximum atomic E-state index is 12.9. The van der Waals surface area contributed by atoms with E-state index in [-0.39, 0.29) is 36.5 Å². The molecule has 39 heavy (non-hydrogen) atoms. The lowest BCUT2D eigenvalue weighted by atomic mass is 9.95. The second kappa shape index (κ2) is 17.0. The van der Waals surface area contributed by atoms with E-state index in [1.165, 1.54) is 12.1 Å². The fourth-order valence-corrected chi connectivity index (χ4v) is 3.13. The number of epoxide rings is 1. The number of aryl methyl sites for hydroxylation is 1. The summed E-state index contributed by atoms with van der Waals surface area (Å²) in [5, 5.41) is 11.1. The van der Waals surface area contributed by atoms with Crippen molar-refractivity contribution < 1.29 is 42.3 Å². The Morgan fingerprint density at radius 2 is 1.79 bits per heavy atom. The largest absolute Gasteiger partial charge is 0.388 e. The first-order valence-electron chi connectivity index (χ1n) is 12.0. The summed E-state index contributed by atoms with van der Waals surface area (Å²) in [7, 11) is 4.84. The first kappa shape index (κ1) is 33.3. The molecule has 3 rings (SSSR count). The van der Waals surface area contributed by atoms with Crippen molar-refractivity contribution in [3.05, 3.63) is 53.2 Å². The highest BCUT2D eigenvalue weighted by molar-refractivity contribution is 5.97. The number of aromatic nitrogens is 1. The molecule has 3 atom stereocenters. The van der Waals surface area contributed by atoms with Crippen LogP contribution in [0.4, 0.5) is 4.39 Å². The van der Waals surface area contributed by atoms with Crippen molar-refractivity contribution in [1.82, 2.24) is 21.1 Å². The van der Waals surface area contributed by atoms with Crippen LogP contribution in [0.1, 0.15) is 35.7 Å². The van der Waals surface area contributed by atoms with Gasteiger partial charge in [0.05, 0.1) is 25.8 Å². The number of nitrogens with one attached hydrogen (secondary N) is 3. The number of carbonyl (C=O) groups is 4. The molecule has 0 spiro atoms. The third-order valence-corrected chi connectivity index (χ3v) is 5.10. The highest BCUT2D eigenvalue weighted by Crippen LogP contribution is 2.29. The molecule has 0 aliphatic carbocycles. The van der Waals surface area contributed by atoms with Gasteiger partial charge in [-0.15, -0.1) is 0 Å². The van der Waals surface area contributed by atoms with E-state index in [1.54, 1.807) is 53.4 Å². The number of methoxy groups -OCH3 is 2. The van der Waals surface area contributed by atoms with Gasteiger partial charge in [-0.3, -0.25) is 19.2 Å². The molecule has 216 valence electrons. The summed E-state index contributed by atoms with van der Waals surface area (Å²) < 4.78 is 32.0. The van der Waals surface area contributed by atoms with Crippen LogP contribution < -0.4 is 16.0 Å². The van der Waals surface area contributed by atoms with E-state index in [2.05, 4.69) is 25.8 Å². The van der Waals surface area contributed by atoms with Gasteiger partial charge in [-0.05, 0) is 44.9 Å². The van der Waals surface area contributed by atoms with E-state index in [9.17, 15) is 23.6 Å². The number of hydrogen-bond acceptors (Lipinski definition) is 9. The molecule has 1 aromatic heterocycles. The maximum absolute atomic E-state index is 12.9. The van der Waals surface area contributed by atoms with E-state index in [0.29, 0.717) is 36.6 Å². The number of rotatable bonds is 12. The van der Waals surface area contributed by atoms with Crippen molar-refractivity contribution in [2.45, 2.75) is 44.9 Å². The van der Waals surface area contributed by atoms with Crippen LogP contribution >= 0.6 is 0 Å². The molecular weight excluding hydrogens is 515 g/mol. The molecule has 0 radical (unpaired) electrons. The van der Waals surface area contributed by atoms with E-state index >= 15 is 0 Å². The minimum Gasteiger partial charge on any atom is -0.388 e. The van der Waals surface area contributed by atoms with Gasteiger partial charge in [0.25, 0.3) is 5.91 Å². The summed E-state index contributed by atoms with van der Waals surface area (Å²) in [5.74, 6) is -0.711. The molecule has 1 aromatic carbocycles. The smallest absolute Gasteiger partial charge is 0.273 e. The minimum absolute atomic E-state index is 0.0375. The number of ether oxygens (including phenoxy) is 3. The van der Waals surface area contributed by atoms with Crippen LogP contribution in [0.15, 0.2) is 34.9 Å². The number of benzene rings is 1. The van der Waals surface area contributed by atoms with Crippen LogP contribution in [0.5, 0.6) is 0 Å². The van der Waals surface area contributed by atoms with E-state index in [1.807, 2.05) is 6.92 Å². The number of amides is 3. The normalized spacial score (nSPS) is 16.7. The predicted octanol–water partition coefficient (Wildman–Crippen LogP) is 0.967. The summed E-state index contributed by atoms with van der Waals surface area (Å²) in [5.41, 5.74) is 0.133. The molecule has 1 fully saturated rings. The molecule has 0 unspecified atom stereocenters. The molecule has 0 bridgehead atoms. The number of halogens is 1. The van der Waals surface area contributed by atoms with Gasteiger partial charge in [-0.1, -0.05) is 17.3 Å². The monoisotopic (exact) mass is 552 g/mol. The third kappa shape index (κ3) is 12.6. The molecule has 0 saturated carbocycles. The number of carbonyl (C=O) groups excluding carboxylic acids is 4. The van der Waals surface area contributed by atoms with Crippen LogP contribution in [0.2, 0.25) is 0 Å². The lowest BCUT2D eigenvalue weighted by molar-refractivity contribution is -0.130. The topological polar surface area (TPSA) is 161 Å².